The third-order valence-corrected chi connectivity index (χ3v) is 2.73. The summed E-state index contributed by atoms with van der Waals surface area (Å²) in [7, 11) is 0. The number of nitrogens with zero attached hydrogens (tertiary/aromatic N) is 2. The number of hydrogen-bond donors (Lipinski definition) is 3. The molecule has 7 heteroatoms. The predicted octanol–water partition coefficient (Wildman–Crippen LogP) is -1.21. The van der Waals surface area contributed by atoms with E-state index in [-0.39, 0.29) is 18.0 Å². The van der Waals surface area contributed by atoms with Crippen LogP contribution in [-0.4, -0.2) is 38.6 Å². The molecule has 1 fully saturated rings. The van der Waals surface area contributed by atoms with E-state index in [0.717, 1.165) is 4.57 Å². The summed E-state index contributed by atoms with van der Waals surface area (Å²) in [6, 6.07) is 1.43. The van der Waals surface area contributed by atoms with Crippen molar-refractivity contribution in [2.75, 3.05) is 12.3 Å². The molecule has 0 radical (unpaired) electrons. The number of aromatic nitrogens is 2. The summed E-state index contributed by atoms with van der Waals surface area (Å²) in [5.74, 6) is 0.0950. The Morgan fingerprint density at radius 3 is 2.94 bits per heavy atom. The van der Waals surface area contributed by atoms with E-state index in [2.05, 4.69) is 17.3 Å². The van der Waals surface area contributed by atoms with E-state index in [1.807, 2.05) is 0 Å². The summed E-state index contributed by atoms with van der Waals surface area (Å²) < 4.78 is 6.53. The van der Waals surface area contributed by atoms with Gasteiger partial charge < -0.3 is 20.7 Å². The van der Waals surface area contributed by atoms with E-state index < -0.39 is 24.1 Å². The number of anilines is 1. The van der Waals surface area contributed by atoms with Crippen LogP contribution < -0.4 is 11.4 Å². The molecule has 18 heavy (non-hydrogen) atoms. The van der Waals surface area contributed by atoms with Gasteiger partial charge in [0.1, 0.15) is 18.0 Å². The molecule has 2 rings (SSSR count). The molecule has 0 aliphatic carbocycles. The average molecular weight is 251 g/mol. The minimum Gasteiger partial charge on any atom is -0.394 e. The van der Waals surface area contributed by atoms with Gasteiger partial charge in [0.2, 0.25) is 0 Å². The quantitative estimate of drug-likeness (QED) is 0.569. The van der Waals surface area contributed by atoms with Crippen LogP contribution in [0.2, 0.25) is 0 Å². The second-order valence-corrected chi connectivity index (χ2v) is 3.83. The van der Waals surface area contributed by atoms with E-state index in [1.54, 1.807) is 0 Å². The number of rotatable bonds is 2. The second kappa shape index (κ2) is 4.75. The highest BCUT2D eigenvalue weighted by molar-refractivity contribution is 5.25. The van der Waals surface area contributed by atoms with Gasteiger partial charge >= 0.3 is 5.69 Å². The van der Waals surface area contributed by atoms with Crippen molar-refractivity contribution >= 4 is 5.82 Å². The smallest absolute Gasteiger partial charge is 0.351 e. The standard InChI is InChI=1S/C11H13N3O4/c1-2-6-9(16)7(5-15)18-10(6)14-4-3-8(12)13-11(14)17/h3-4,7,9-10,15-16H,1,5H2,(H2,12,13,17)/t7-,9+,10-/m1/s1. The molecule has 0 spiro atoms. The second-order valence-electron chi connectivity index (χ2n) is 3.83. The highest BCUT2D eigenvalue weighted by Crippen LogP contribution is 2.32. The van der Waals surface area contributed by atoms with Crippen molar-refractivity contribution in [3.05, 3.63) is 40.6 Å². The van der Waals surface area contributed by atoms with Gasteiger partial charge in [-0.3, -0.25) is 4.57 Å². The van der Waals surface area contributed by atoms with E-state index in [1.165, 1.54) is 12.3 Å². The van der Waals surface area contributed by atoms with Crippen molar-refractivity contribution in [1.29, 1.82) is 0 Å². The summed E-state index contributed by atoms with van der Waals surface area (Å²) in [5.41, 5.74) is 7.58. The molecular weight excluding hydrogens is 238 g/mol. The number of aliphatic hydroxyl groups excluding tert-OH is 2. The van der Waals surface area contributed by atoms with Gasteiger partial charge in [0, 0.05) is 6.20 Å². The molecule has 0 saturated carbocycles. The van der Waals surface area contributed by atoms with Crippen LogP contribution in [0.15, 0.2) is 34.9 Å². The van der Waals surface area contributed by atoms with Gasteiger partial charge in [-0.15, -0.1) is 5.73 Å². The van der Waals surface area contributed by atoms with E-state index in [9.17, 15) is 9.90 Å². The third-order valence-electron chi connectivity index (χ3n) is 2.73. The molecule has 1 aromatic heterocycles. The van der Waals surface area contributed by atoms with Crippen LogP contribution in [0.25, 0.3) is 0 Å². The lowest BCUT2D eigenvalue weighted by molar-refractivity contribution is -0.0447. The molecule has 0 aromatic carbocycles. The average Bonchev–Trinajstić information content (AvgIpc) is 2.65. The van der Waals surface area contributed by atoms with Crippen LogP contribution in [-0.2, 0) is 4.74 Å². The van der Waals surface area contributed by atoms with Crippen LogP contribution in [0.4, 0.5) is 5.82 Å². The van der Waals surface area contributed by atoms with Crippen molar-refractivity contribution < 1.29 is 14.9 Å². The molecular formula is C11H13N3O4. The number of nitrogens with two attached hydrogens (primary N) is 1. The van der Waals surface area contributed by atoms with Crippen molar-refractivity contribution in [2.24, 2.45) is 0 Å². The van der Waals surface area contributed by atoms with Gasteiger partial charge in [-0.05, 0) is 6.07 Å². The summed E-state index contributed by atoms with van der Waals surface area (Å²) in [5, 5.41) is 18.9. The first-order valence-corrected chi connectivity index (χ1v) is 5.27. The monoisotopic (exact) mass is 251 g/mol. The maximum absolute atomic E-state index is 11.7. The number of aliphatic hydroxyl groups is 2. The molecule has 96 valence electrons. The highest BCUT2D eigenvalue weighted by atomic mass is 16.5. The Morgan fingerprint density at radius 1 is 1.67 bits per heavy atom. The minimum atomic E-state index is -1.05. The summed E-state index contributed by atoms with van der Waals surface area (Å²) in [4.78, 5) is 15.2. The number of hydrogen-bond acceptors (Lipinski definition) is 6. The van der Waals surface area contributed by atoms with Crippen molar-refractivity contribution in [1.82, 2.24) is 9.55 Å². The summed E-state index contributed by atoms with van der Waals surface area (Å²) in [6.07, 6.45) is -1.35. The van der Waals surface area contributed by atoms with Gasteiger partial charge in [-0.25, -0.2) is 4.79 Å². The molecule has 0 unspecified atom stereocenters. The Morgan fingerprint density at radius 2 is 2.39 bits per heavy atom. The fourth-order valence-electron chi connectivity index (χ4n) is 1.81. The fraction of sp³-hybridized carbons (Fsp3) is 0.364. The van der Waals surface area contributed by atoms with Gasteiger partial charge in [0.15, 0.2) is 6.23 Å². The molecule has 1 aromatic rings. The Hall–Kier alpha value is -1.92. The van der Waals surface area contributed by atoms with Crippen molar-refractivity contribution in [2.45, 2.75) is 18.4 Å². The first kappa shape index (κ1) is 12.5. The van der Waals surface area contributed by atoms with E-state index in [0.29, 0.717) is 0 Å². The molecule has 1 aliphatic heterocycles. The third kappa shape index (κ3) is 1.96. The number of ether oxygens (including phenoxy) is 1. The Labute approximate surface area is 102 Å². The zero-order valence-corrected chi connectivity index (χ0v) is 9.48. The number of nitrogen functional groups attached to an aromatic ring is 1. The summed E-state index contributed by atoms with van der Waals surface area (Å²) in [6.45, 7) is 3.07. The van der Waals surface area contributed by atoms with Gasteiger partial charge in [-0.2, -0.15) is 4.98 Å². The predicted molar refractivity (Wildman–Crippen MR) is 62.6 cm³/mol. The lowest BCUT2D eigenvalue weighted by Crippen LogP contribution is -2.28. The Balaban J connectivity index is 2.45. The molecule has 3 atom stereocenters. The van der Waals surface area contributed by atoms with Gasteiger partial charge in [0.25, 0.3) is 0 Å². The zero-order chi connectivity index (χ0) is 13.3. The van der Waals surface area contributed by atoms with Crippen LogP contribution in [0.1, 0.15) is 6.23 Å². The summed E-state index contributed by atoms with van der Waals surface area (Å²) >= 11 is 0. The van der Waals surface area contributed by atoms with Gasteiger partial charge in [-0.1, -0.05) is 6.58 Å². The van der Waals surface area contributed by atoms with Crippen molar-refractivity contribution in [3.63, 3.8) is 0 Å². The Kier molecular flexibility index (Phi) is 3.31. The largest absolute Gasteiger partial charge is 0.394 e. The molecule has 4 N–H and O–H groups in total. The van der Waals surface area contributed by atoms with E-state index >= 15 is 0 Å². The maximum Gasteiger partial charge on any atom is 0.351 e. The van der Waals surface area contributed by atoms with Gasteiger partial charge in [0.05, 0.1) is 12.2 Å². The molecule has 0 bridgehead atoms. The zero-order valence-electron chi connectivity index (χ0n) is 9.48. The highest BCUT2D eigenvalue weighted by Gasteiger charge is 2.39. The molecule has 1 saturated heterocycles. The van der Waals surface area contributed by atoms with Crippen molar-refractivity contribution in [3.8, 4) is 0 Å². The van der Waals surface area contributed by atoms with Crippen LogP contribution in [0.3, 0.4) is 0 Å². The fourth-order valence-corrected chi connectivity index (χ4v) is 1.81. The molecule has 2 heterocycles. The topological polar surface area (TPSA) is 111 Å². The first-order chi connectivity index (χ1) is 8.58. The molecule has 0 amide bonds. The first-order valence-electron chi connectivity index (χ1n) is 5.27. The van der Waals surface area contributed by atoms with Crippen LogP contribution in [0, 0.1) is 0 Å². The molecule has 1 aliphatic rings. The molecule has 7 nitrogen and oxygen atoms in total. The maximum atomic E-state index is 11.7. The lowest BCUT2D eigenvalue weighted by atomic mass is 10.1. The lowest BCUT2D eigenvalue weighted by Gasteiger charge is -2.14. The normalized spacial score (nSPS) is 27.2. The Bertz CT molecular complexity index is 562. The van der Waals surface area contributed by atoms with E-state index in [4.69, 9.17) is 15.6 Å². The minimum absolute atomic E-state index is 0.0950. The van der Waals surface area contributed by atoms with Crippen LogP contribution >= 0.6 is 0 Å². The van der Waals surface area contributed by atoms with Crippen LogP contribution in [0.5, 0.6) is 0 Å². The SMILES string of the molecule is C=C=C1[C@H](n2ccc(N)nc2=O)O[C@H](CO)[C@H]1O.